The summed E-state index contributed by atoms with van der Waals surface area (Å²) in [5.41, 5.74) is -7.57. The number of rotatable bonds is 22. The first kappa shape index (κ1) is 56.0. The Morgan fingerprint density at radius 2 is 0.416 bits per heavy atom. The van der Waals surface area contributed by atoms with Gasteiger partial charge in [0, 0.05) is 36.4 Å². The first-order valence-corrected chi connectivity index (χ1v) is 22.2. The number of phenolic OH excluding ortho intramolecular Hbond substituents is 12. The van der Waals surface area contributed by atoms with Gasteiger partial charge in [0.2, 0.25) is 0 Å². The van der Waals surface area contributed by atoms with E-state index in [1.165, 1.54) is 0 Å². The third-order valence-electron chi connectivity index (χ3n) is 11.1. The second kappa shape index (κ2) is 24.2. The number of carbonyl (C=O) groups excluding carboxylic acids is 6. The number of carbonyl (C=O) groups is 6. The Morgan fingerprint density at radius 1 is 0.260 bits per heavy atom. The lowest BCUT2D eigenvalue weighted by molar-refractivity contribution is -0.112. The number of ether oxygens (including phenoxy) is 7. The van der Waals surface area contributed by atoms with Crippen molar-refractivity contribution in [3.8, 4) is 69.0 Å². The molecule has 0 aliphatic carbocycles. The summed E-state index contributed by atoms with van der Waals surface area (Å²) in [4.78, 5) is 81.5. The zero-order chi connectivity index (χ0) is 56.2. The topological polar surface area (TPSA) is 410 Å². The summed E-state index contributed by atoms with van der Waals surface area (Å²) >= 11 is 0. The van der Waals surface area contributed by atoms with Crippen molar-refractivity contribution in [3.63, 3.8) is 0 Å². The Hall–Kier alpha value is -10.3. The second-order valence-corrected chi connectivity index (χ2v) is 17.2. The molecule has 6 aromatic carbocycles. The fourth-order valence-corrected chi connectivity index (χ4v) is 6.92. The first-order chi connectivity index (χ1) is 36.5. The number of hydrogen-bond donors (Lipinski definition) is 12. The lowest BCUT2D eigenvalue weighted by atomic mass is 9.90. The van der Waals surface area contributed by atoms with Crippen molar-refractivity contribution >= 4 is 35.8 Å². The highest BCUT2D eigenvalue weighted by Crippen LogP contribution is 2.34. The third kappa shape index (κ3) is 14.5. The van der Waals surface area contributed by atoms with Crippen LogP contribution in [0.3, 0.4) is 0 Å². The Balaban J connectivity index is 1.43. The Kier molecular flexibility index (Phi) is 17.6. The molecule has 0 atom stereocenters. The second-order valence-electron chi connectivity index (χ2n) is 17.2. The molecule has 0 aliphatic heterocycles. The lowest BCUT2D eigenvalue weighted by Gasteiger charge is -2.35. The fourth-order valence-electron chi connectivity index (χ4n) is 6.92. The minimum Gasteiger partial charge on any atom is -0.508 e. The molecule has 6 aromatic rings. The van der Waals surface area contributed by atoms with Crippen LogP contribution < -0.4 is 0 Å². The van der Waals surface area contributed by atoms with Crippen LogP contribution in [0.25, 0.3) is 0 Å². The van der Waals surface area contributed by atoms with Crippen molar-refractivity contribution in [3.05, 3.63) is 143 Å². The average molecular weight is 1070 g/mol. The van der Waals surface area contributed by atoms with E-state index in [0.717, 1.165) is 109 Å². The number of benzene rings is 6. The summed E-state index contributed by atoms with van der Waals surface area (Å²) < 4.78 is 39.5. The van der Waals surface area contributed by atoms with Crippen molar-refractivity contribution in [2.45, 2.75) is 0 Å². The molecular weight excluding hydrogens is 1020 g/mol. The summed E-state index contributed by atoms with van der Waals surface area (Å²) in [6.07, 6.45) is 0. The molecule has 77 heavy (non-hydrogen) atoms. The van der Waals surface area contributed by atoms with Crippen molar-refractivity contribution in [1.82, 2.24) is 0 Å². The number of aromatic hydroxyl groups is 12. The summed E-state index contributed by atoms with van der Waals surface area (Å²) in [7, 11) is 0. The van der Waals surface area contributed by atoms with Gasteiger partial charge in [0.25, 0.3) is 0 Å². The molecule has 0 fully saturated rings. The lowest BCUT2D eigenvalue weighted by Crippen LogP contribution is -2.47. The SMILES string of the molecule is O=C(OCC(COCC(COC(=O)c1ccc(O)cc1O)(COC(=O)c1ccc(O)cc1O)COC(=O)c1ccc(O)cc1O)(COC(=O)c1ccc(O)cc1O)COC(=O)c1ccc(O)cc1O)c1ccc(O)cc1O. The van der Waals surface area contributed by atoms with E-state index in [1.54, 1.807) is 0 Å². The van der Waals surface area contributed by atoms with Gasteiger partial charge in [-0.15, -0.1) is 0 Å². The van der Waals surface area contributed by atoms with Crippen LogP contribution in [-0.2, 0) is 33.2 Å². The maximum atomic E-state index is 13.6. The number of phenols is 12. The van der Waals surface area contributed by atoms with Crippen molar-refractivity contribution < 1.29 is 123 Å². The van der Waals surface area contributed by atoms with Crippen LogP contribution in [0, 0.1) is 10.8 Å². The van der Waals surface area contributed by atoms with Crippen LogP contribution in [0.4, 0.5) is 0 Å². The highest BCUT2D eigenvalue weighted by atomic mass is 16.6. The maximum absolute atomic E-state index is 13.6. The van der Waals surface area contributed by atoms with Gasteiger partial charge in [0.15, 0.2) is 0 Å². The van der Waals surface area contributed by atoms with Crippen molar-refractivity contribution in [2.24, 2.45) is 10.8 Å². The number of hydrogen-bond acceptors (Lipinski definition) is 25. The number of esters is 6. The molecule has 0 saturated heterocycles. The minimum absolute atomic E-state index is 0.458. The molecule has 404 valence electrons. The van der Waals surface area contributed by atoms with E-state index < -0.39 is 202 Å². The van der Waals surface area contributed by atoms with E-state index in [-0.39, 0.29) is 0 Å². The third-order valence-corrected chi connectivity index (χ3v) is 11.1. The smallest absolute Gasteiger partial charge is 0.341 e. The molecule has 0 amide bonds. The summed E-state index contributed by atoms with van der Waals surface area (Å²) in [6.45, 7) is -8.07. The standard InChI is InChI=1S/C52H46O25/c53-27-1-7-33(39(59)13-27)45(65)72-21-51(22-73-46(66)34-8-2-28(54)14-40(34)60,23-74-47(67)35-9-3-29(55)15-41(35)61)19-71-20-52(24-75-48(68)36-10-4-30(56)16-42(36)62,25-76-49(69)37-11-5-31(57)17-43(37)63)26-77-50(70)38-12-6-32(58)18-44(38)64/h1-18,53-64H,19-26H2. The van der Waals surface area contributed by atoms with E-state index in [9.17, 15) is 90.0 Å². The summed E-state index contributed by atoms with van der Waals surface area (Å²) in [6, 6.07) is 16.7. The monoisotopic (exact) mass is 1070 g/mol. The summed E-state index contributed by atoms with van der Waals surface area (Å²) in [5.74, 6) is -15.2. The van der Waals surface area contributed by atoms with Crippen molar-refractivity contribution in [2.75, 3.05) is 52.9 Å². The zero-order valence-corrected chi connectivity index (χ0v) is 39.7. The predicted molar refractivity (Wildman–Crippen MR) is 256 cm³/mol. The van der Waals surface area contributed by atoms with Gasteiger partial charge in [-0.25, -0.2) is 28.8 Å². The van der Waals surface area contributed by atoms with Gasteiger partial charge in [0.05, 0.1) is 24.0 Å². The van der Waals surface area contributed by atoms with Crippen LogP contribution in [0.2, 0.25) is 0 Å². The van der Waals surface area contributed by atoms with E-state index >= 15 is 0 Å². The van der Waals surface area contributed by atoms with E-state index in [4.69, 9.17) is 33.2 Å². The van der Waals surface area contributed by atoms with Crippen LogP contribution in [0.1, 0.15) is 62.1 Å². The molecule has 0 unspecified atom stereocenters. The maximum Gasteiger partial charge on any atom is 0.341 e. The molecular formula is C52H46O25. The molecule has 6 rings (SSSR count). The fraction of sp³-hybridized carbons (Fsp3) is 0.192. The quantitative estimate of drug-likeness (QED) is 0.0327. The van der Waals surface area contributed by atoms with Gasteiger partial charge in [-0.05, 0) is 72.8 Å². The van der Waals surface area contributed by atoms with Gasteiger partial charge in [-0.1, -0.05) is 0 Å². The predicted octanol–water partition coefficient (Wildman–Crippen LogP) is 4.59. The molecule has 0 heterocycles. The molecule has 12 N–H and O–H groups in total. The zero-order valence-electron chi connectivity index (χ0n) is 39.7. The highest BCUT2D eigenvalue weighted by molar-refractivity contribution is 5.95. The molecule has 0 aliphatic rings. The van der Waals surface area contributed by atoms with Gasteiger partial charge in [-0.3, -0.25) is 0 Å². The summed E-state index contributed by atoms with van der Waals surface area (Å²) in [5, 5.41) is 122. The molecule has 0 aromatic heterocycles. The van der Waals surface area contributed by atoms with Crippen LogP contribution in [0.5, 0.6) is 69.0 Å². The Morgan fingerprint density at radius 3 is 0.558 bits per heavy atom. The molecule has 0 radical (unpaired) electrons. The van der Waals surface area contributed by atoms with E-state index in [2.05, 4.69) is 0 Å². The average Bonchev–Trinajstić information content (AvgIpc) is 3.36. The molecule has 0 bridgehead atoms. The minimum atomic E-state index is -2.20. The van der Waals surface area contributed by atoms with Gasteiger partial charge < -0.3 is 94.4 Å². The highest BCUT2D eigenvalue weighted by Gasteiger charge is 2.42. The largest absolute Gasteiger partial charge is 0.508 e. The van der Waals surface area contributed by atoms with E-state index in [0.29, 0.717) is 0 Å². The normalized spacial score (nSPS) is 11.2. The van der Waals surface area contributed by atoms with Crippen LogP contribution in [-0.4, -0.2) is 150 Å². The van der Waals surface area contributed by atoms with Crippen LogP contribution in [0.15, 0.2) is 109 Å². The molecule has 0 saturated carbocycles. The van der Waals surface area contributed by atoms with Gasteiger partial charge >= 0.3 is 35.8 Å². The Labute approximate surface area is 433 Å². The molecule has 0 spiro atoms. The van der Waals surface area contributed by atoms with Gasteiger partial charge in [0.1, 0.15) is 142 Å². The van der Waals surface area contributed by atoms with Crippen molar-refractivity contribution in [1.29, 1.82) is 0 Å². The Bertz CT molecular complexity index is 2670. The van der Waals surface area contributed by atoms with E-state index in [1.807, 2.05) is 0 Å². The molecule has 25 heteroatoms. The first-order valence-electron chi connectivity index (χ1n) is 22.2. The van der Waals surface area contributed by atoms with Crippen LogP contribution >= 0.6 is 0 Å². The van der Waals surface area contributed by atoms with Gasteiger partial charge in [-0.2, -0.15) is 0 Å². The molecule has 25 nitrogen and oxygen atoms in total.